The van der Waals surface area contributed by atoms with E-state index in [9.17, 15) is 9.59 Å². The van der Waals surface area contributed by atoms with Crippen LogP contribution in [0, 0.1) is 0 Å². The molecule has 5 rings (SSSR count). The fourth-order valence-electron chi connectivity index (χ4n) is 3.02. The van der Waals surface area contributed by atoms with Crippen molar-refractivity contribution in [3.63, 3.8) is 0 Å². The average molecular weight is 338 g/mol. The predicted octanol–water partition coefficient (Wildman–Crippen LogP) is 2.14. The molecule has 3 aliphatic heterocycles. The number of rotatable bonds is 2. The summed E-state index contributed by atoms with van der Waals surface area (Å²) in [6.45, 7) is 0.243. The summed E-state index contributed by atoms with van der Waals surface area (Å²) in [5, 5.41) is 0. The second kappa shape index (κ2) is 5.01. The van der Waals surface area contributed by atoms with Crippen LogP contribution in [0.15, 0.2) is 36.4 Å². The van der Waals surface area contributed by atoms with Crippen molar-refractivity contribution >= 4 is 23.1 Å². The second-order valence-electron chi connectivity index (χ2n) is 5.56. The molecule has 0 aliphatic carbocycles. The Hall–Kier alpha value is -3.48. The maximum Gasteiger partial charge on any atom is 0.347 e. The Labute approximate surface area is 141 Å². The van der Waals surface area contributed by atoms with Gasteiger partial charge in [0.2, 0.25) is 13.6 Å². The summed E-state index contributed by atoms with van der Waals surface area (Å²) in [7, 11) is 0. The molecule has 0 fully saturated rings. The first-order chi connectivity index (χ1) is 12.2. The van der Waals surface area contributed by atoms with Crippen molar-refractivity contribution in [2.45, 2.75) is 0 Å². The van der Waals surface area contributed by atoms with Crippen LogP contribution in [0.25, 0.3) is 11.1 Å². The van der Waals surface area contributed by atoms with Crippen molar-refractivity contribution in [3.8, 4) is 23.0 Å². The quantitative estimate of drug-likeness (QED) is 0.613. The molecule has 7 nitrogen and oxygen atoms in total. The maximum absolute atomic E-state index is 12.3. The highest BCUT2D eigenvalue weighted by Gasteiger charge is 2.36. The maximum atomic E-state index is 12.3. The van der Waals surface area contributed by atoms with Gasteiger partial charge in [-0.1, -0.05) is 12.1 Å². The first-order valence-corrected chi connectivity index (χ1v) is 7.51. The van der Waals surface area contributed by atoms with Crippen molar-refractivity contribution in [2.75, 3.05) is 13.6 Å². The molecule has 0 saturated carbocycles. The lowest BCUT2D eigenvalue weighted by Gasteiger charge is -2.05. The molecule has 0 atom stereocenters. The van der Waals surface area contributed by atoms with Gasteiger partial charge in [0.25, 0.3) is 0 Å². The molecule has 0 amide bonds. The van der Waals surface area contributed by atoms with Crippen LogP contribution in [0.5, 0.6) is 23.0 Å². The van der Waals surface area contributed by atoms with Crippen LogP contribution in [-0.2, 0) is 14.3 Å². The van der Waals surface area contributed by atoms with Crippen LogP contribution >= 0.6 is 0 Å². The van der Waals surface area contributed by atoms with Crippen LogP contribution in [0.2, 0.25) is 0 Å². The minimum atomic E-state index is -0.698. The fourth-order valence-corrected chi connectivity index (χ4v) is 3.02. The number of hydrogen-bond acceptors (Lipinski definition) is 7. The molecular weight excluding hydrogens is 328 g/mol. The van der Waals surface area contributed by atoms with Gasteiger partial charge in [0, 0.05) is 0 Å². The highest BCUT2D eigenvalue weighted by atomic mass is 16.7. The van der Waals surface area contributed by atoms with Crippen LogP contribution in [-0.4, -0.2) is 25.5 Å². The standard InChI is InChI=1S/C18H10O7/c19-17-15(9-1-3-11-13(5-9)23-7-21-11)16(18(20)25-17)10-2-4-12-14(6-10)24-8-22-12/h1-6H,7-8H2. The molecule has 3 heterocycles. The molecule has 124 valence electrons. The highest BCUT2D eigenvalue weighted by Crippen LogP contribution is 2.41. The van der Waals surface area contributed by atoms with E-state index in [1.807, 2.05) is 0 Å². The predicted molar refractivity (Wildman–Crippen MR) is 83.0 cm³/mol. The van der Waals surface area contributed by atoms with Crippen molar-refractivity contribution < 1.29 is 33.3 Å². The Morgan fingerprint density at radius 1 is 0.600 bits per heavy atom. The van der Waals surface area contributed by atoms with E-state index in [0.717, 1.165) is 0 Å². The number of carbonyl (C=O) groups excluding carboxylic acids is 2. The normalized spacial score (nSPS) is 17.3. The van der Waals surface area contributed by atoms with Crippen LogP contribution in [0.3, 0.4) is 0 Å². The minimum absolute atomic E-state index is 0.121. The molecule has 2 aromatic rings. The smallest absolute Gasteiger partial charge is 0.347 e. The van der Waals surface area contributed by atoms with Crippen molar-refractivity contribution in [3.05, 3.63) is 47.5 Å². The molecule has 25 heavy (non-hydrogen) atoms. The van der Waals surface area contributed by atoms with Gasteiger partial charge in [-0.15, -0.1) is 0 Å². The molecule has 3 aliphatic rings. The van der Waals surface area contributed by atoms with E-state index in [4.69, 9.17) is 23.7 Å². The van der Waals surface area contributed by atoms with Gasteiger partial charge in [0.05, 0.1) is 11.1 Å². The van der Waals surface area contributed by atoms with Gasteiger partial charge in [-0.05, 0) is 35.4 Å². The summed E-state index contributed by atoms with van der Waals surface area (Å²) >= 11 is 0. The molecule has 2 aromatic carbocycles. The Kier molecular flexibility index (Phi) is 2.79. The number of ether oxygens (including phenoxy) is 5. The zero-order chi connectivity index (χ0) is 17.0. The third-order valence-corrected chi connectivity index (χ3v) is 4.17. The van der Waals surface area contributed by atoms with E-state index in [1.54, 1.807) is 36.4 Å². The monoisotopic (exact) mass is 338 g/mol. The van der Waals surface area contributed by atoms with Gasteiger partial charge in [0.15, 0.2) is 23.0 Å². The molecule has 0 spiro atoms. The van der Waals surface area contributed by atoms with Gasteiger partial charge >= 0.3 is 11.9 Å². The van der Waals surface area contributed by atoms with E-state index < -0.39 is 11.9 Å². The number of fused-ring (bicyclic) bond motifs is 2. The number of benzene rings is 2. The summed E-state index contributed by atoms with van der Waals surface area (Å²) in [6, 6.07) is 10.1. The van der Waals surface area contributed by atoms with E-state index in [2.05, 4.69) is 0 Å². The first-order valence-electron chi connectivity index (χ1n) is 7.51. The summed E-state index contributed by atoms with van der Waals surface area (Å²) in [6.07, 6.45) is 0. The van der Waals surface area contributed by atoms with Crippen LogP contribution in [0.1, 0.15) is 11.1 Å². The Morgan fingerprint density at radius 2 is 1.04 bits per heavy atom. The fraction of sp³-hybridized carbons (Fsp3) is 0.111. The van der Waals surface area contributed by atoms with E-state index in [1.165, 1.54) is 0 Å². The van der Waals surface area contributed by atoms with Crippen molar-refractivity contribution in [2.24, 2.45) is 0 Å². The molecule has 0 bridgehead atoms. The van der Waals surface area contributed by atoms with Gasteiger partial charge in [-0.25, -0.2) is 9.59 Å². The number of esters is 2. The average Bonchev–Trinajstić information content (AvgIpc) is 3.31. The highest BCUT2D eigenvalue weighted by molar-refractivity contribution is 6.44. The van der Waals surface area contributed by atoms with E-state index in [-0.39, 0.29) is 24.7 Å². The molecule has 0 aromatic heterocycles. The first kappa shape index (κ1) is 13.9. The van der Waals surface area contributed by atoms with Crippen LogP contribution < -0.4 is 18.9 Å². The lowest BCUT2D eigenvalue weighted by atomic mass is 9.96. The SMILES string of the molecule is O=C1OC(=O)C(c2ccc3c(c2)OCO3)=C1c1ccc2c(c1)OCO2. The molecular formula is C18H10O7. The summed E-state index contributed by atoms with van der Waals surface area (Å²) in [5.41, 5.74) is 1.41. The zero-order valence-electron chi connectivity index (χ0n) is 12.7. The van der Waals surface area contributed by atoms with Crippen LogP contribution in [0.4, 0.5) is 0 Å². The summed E-state index contributed by atoms with van der Waals surface area (Å²) < 4.78 is 26.1. The van der Waals surface area contributed by atoms with Gasteiger partial charge < -0.3 is 23.7 Å². The molecule has 0 saturated heterocycles. The van der Waals surface area contributed by atoms with Gasteiger partial charge in [-0.3, -0.25) is 0 Å². The van der Waals surface area contributed by atoms with Gasteiger partial charge in [0.1, 0.15) is 0 Å². The largest absolute Gasteiger partial charge is 0.454 e. The Bertz CT molecular complexity index is 896. The zero-order valence-corrected chi connectivity index (χ0v) is 12.7. The molecule has 0 radical (unpaired) electrons. The van der Waals surface area contributed by atoms with Gasteiger partial charge in [-0.2, -0.15) is 0 Å². The topological polar surface area (TPSA) is 80.3 Å². The third kappa shape index (κ3) is 2.06. The lowest BCUT2D eigenvalue weighted by molar-refractivity contribution is -0.149. The molecule has 0 unspecified atom stereocenters. The number of cyclic esters (lactones) is 2. The number of carbonyl (C=O) groups is 2. The summed E-state index contributed by atoms with van der Waals surface area (Å²) in [5.74, 6) is 0.816. The second-order valence-corrected chi connectivity index (χ2v) is 5.56. The van der Waals surface area contributed by atoms with E-state index in [0.29, 0.717) is 34.1 Å². The minimum Gasteiger partial charge on any atom is -0.454 e. The lowest BCUT2D eigenvalue weighted by Crippen LogP contribution is -2.02. The van der Waals surface area contributed by atoms with Crippen molar-refractivity contribution in [1.82, 2.24) is 0 Å². The molecule has 7 heteroatoms. The Morgan fingerprint density at radius 3 is 1.52 bits per heavy atom. The molecule has 0 N–H and O–H groups in total. The van der Waals surface area contributed by atoms with E-state index >= 15 is 0 Å². The summed E-state index contributed by atoms with van der Waals surface area (Å²) in [4.78, 5) is 24.5. The Balaban J connectivity index is 1.68. The van der Waals surface area contributed by atoms with Crippen molar-refractivity contribution in [1.29, 1.82) is 0 Å². The number of hydrogen-bond donors (Lipinski definition) is 0. The third-order valence-electron chi connectivity index (χ3n) is 4.17.